The summed E-state index contributed by atoms with van der Waals surface area (Å²) in [4.78, 5) is 27.5. The number of carboxylic acids is 1. The van der Waals surface area contributed by atoms with Gasteiger partial charge in [-0.1, -0.05) is 13.8 Å². The number of carbonyl (C=O) groups excluding carboxylic acids is 1. The number of hydrogen-bond donors (Lipinski definition) is 2. The third kappa shape index (κ3) is 2.54. The molecule has 0 radical (unpaired) electrons. The molecule has 6 heteroatoms. The minimum absolute atomic E-state index is 0.0293. The largest absolute Gasteiger partial charge is 0.481 e. The molecule has 6 nitrogen and oxygen atoms in total. The van der Waals surface area contributed by atoms with Crippen LogP contribution in [0.3, 0.4) is 0 Å². The van der Waals surface area contributed by atoms with Crippen molar-refractivity contribution in [3.8, 4) is 0 Å². The summed E-state index contributed by atoms with van der Waals surface area (Å²) in [5, 5.41) is 19.0. The number of carboxylic acid groups (broad SMARTS) is 1. The normalized spacial score (nSPS) is 35.4. The van der Waals surface area contributed by atoms with E-state index in [-0.39, 0.29) is 11.9 Å². The molecule has 0 aromatic heterocycles. The second kappa shape index (κ2) is 5.00. The Morgan fingerprint density at radius 2 is 1.90 bits per heavy atom. The Kier molecular flexibility index (Phi) is 3.81. The van der Waals surface area contributed by atoms with Gasteiger partial charge in [0.2, 0.25) is 5.91 Å². The fourth-order valence-electron chi connectivity index (χ4n) is 3.49. The SMILES string of the molecule is CN(C)CC1CC(O)CN1C(=O)C1C(C(=O)O)C1(C)C. The number of amides is 1. The average molecular weight is 284 g/mol. The first-order valence-electron chi connectivity index (χ1n) is 7.02. The van der Waals surface area contributed by atoms with Crippen LogP contribution in [0.2, 0.25) is 0 Å². The molecule has 1 aliphatic carbocycles. The summed E-state index contributed by atoms with van der Waals surface area (Å²) >= 11 is 0. The summed E-state index contributed by atoms with van der Waals surface area (Å²) in [5.41, 5.74) is -0.487. The van der Waals surface area contributed by atoms with Gasteiger partial charge in [0.15, 0.2) is 0 Å². The van der Waals surface area contributed by atoms with Crippen LogP contribution >= 0.6 is 0 Å². The smallest absolute Gasteiger partial charge is 0.307 e. The van der Waals surface area contributed by atoms with Crippen molar-refractivity contribution in [1.82, 2.24) is 9.80 Å². The first-order valence-corrected chi connectivity index (χ1v) is 7.02. The van der Waals surface area contributed by atoms with E-state index >= 15 is 0 Å². The number of rotatable bonds is 4. The highest BCUT2D eigenvalue weighted by molar-refractivity contribution is 5.92. The van der Waals surface area contributed by atoms with Gasteiger partial charge in [0.25, 0.3) is 0 Å². The fourth-order valence-corrected chi connectivity index (χ4v) is 3.49. The summed E-state index contributed by atoms with van der Waals surface area (Å²) < 4.78 is 0. The predicted octanol–water partition coefficient (Wildman–Crippen LogP) is -0.133. The van der Waals surface area contributed by atoms with Gasteiger partial charge in [0, 0.05) is 19.1 Å². The molecule has 1 saturated carbocycles. The van der Waals surface area contributed by atoms with Crippen LogP contribution in [0.25, 0.3) is 0 Å². The van der Waals surface area contributed by atoms with Crippen molar-refractivity contribution in [2.75, 3.05) is 27.2 Å². The maximum atomic E-state index is 12.6. The molecule has 0 aromatic carbocycles. The molecule has 2 fully saturated rings. The quantitative estimate of drug-likeness (QED) is 0.751. The molecule has 4 unspecified atom stereocenters. The molecule has 2 N–H and O–H groups in total. The van der Waals surface area contributed by atoms with Gasteiger partial charge in [-0.05, 0) is 25.9 Å². The molecule has 1 saturated heterocycles. The Hall–Kier alpha value is -1.14. The lowest BCUT2D eigenvalue weighted by Gasteiger charge is -2.27. The number of likely N-dealkylation sites (N-methyl/N-ethyl adjacent to an activating group) is 1. The number of carbonyl (C=O) groups is 2. The molecule has 0 bridgehead atoms. The van der Waals surface area contributed by atoms with Crippen molar-refractivity contribution in [1.29, 1.82) is 0 Å². The van der Waals surface area contributed by atoms with Crippen molar-refractivity contribution < 1.29 is 19.8 Å². The monoisotopic (exact) mass is 284 g/mol. The van der Waals surface area contributed by atoms with Crippen LogP contribution in [-0.4, -0.2) is 71.2 Å². The van der Waals surface area contributed by atoms with Crippen LogP contribution in [0, 0.1) is 17.3 Å². The van der Waals surface area contributed by atoms with Gasteiger partial charge in [-0.15, -0.1) is 0 Å². The Balaban J connectivity index is 2.10. The van der Waals surface area contributed by atoms with Crippen LogP contribution in [0.1, 0.15) is 20.3 Å². The Morgan fingerprint density at radius 3 is 2.35 bits per heavy atom. The van der Waals surface area contributed by atoms with E-state index < -0.39 is 29.3 Å². The lowest BCUT2D eigenvalue weighted by atomic mass is 10.1. The number of aliphatic hydroxyl groups is 1. The number of hydrogen-bond acceptors (Lipinski definition) is 4. The minimum Gasteiger partial charge on any atom is -0.481 e. The summed E-state index contributed by atoms with van der Waals surface area (Å²) in [5.74, 6) is -2.09. The van der Waals surface area contributed by atoms with Crippen LogP contribution in [0.5, 0.6) is 0 Å². The predicted molar refractivity (Wildman–Crippen MR) is 73.1 cm³/mol. The zero-order valence-electron chi connectivity index (χ0n) is 12.5. The maximum Gasteiger partial charge on any atom is 0.307 e. The second-order valence-corrected chi connectivity index (χ2v) is 6.91. The zero-order valence-corrected chi connectivity index (χ0v) is 12.5. The molecular formula is C14H24N2O4. The minimum atomic E-state index is -0.905. The number of β-amino-alcohol motifs (C(OH)–C–C–N with tert-alkyl or cyclic N) is 1. The van der Waals surface area contributed by atoms with E-state index in [9.17, 15) is 19.8 Å². The highest BCUT2D eigenvalue weighted by atomic mass is 16.4. The van der Waals surface area contributed by atoms with Gasteiger partial charge in [0.05, 0.1) is 17.9 Å². The van der Waals surface area contributed by atoms with Crippen molar-refractivity contribution in [3.05, 3.63) is 0 Å². The molecule has 0 spiro atoms. The van der Waals surface area contributed by atoms with E-state index in [1.54, 1.807) is 4.90 Å². The van der Waals surface area contributed by atoms with Gasteiger partial charge < -0.3 is 20.0 Å². The average Bonchev–Trinajstić information content (AvgIpc) is 2.68. The maximum absolute atomic E-state index is 12.6. The van der Waals surface area contributed by atoms with Gasteiger partial charge in [-0.25, -0.2) is 0 Å². The molecule has 0 aromatic rings. The van der Waals surface area contributed by atoms with E-state index in [2.05, 4.69) is 0 Å². The fraction of sp³-hybridized carbons (Fsp3) is 0.857. The van der Waals surface area contributed by atoms with Crippen LogP contribution in [-0.2, 0) is 9.59 Å². The van der Waals surface area contributed by atoms with Gasteiger partial charge >= 0.3 is 5.97 Å². The highest BCUT2D eigenvalue weighted by Gasteiger charge is 2.67. The molecule has 1 aliphatic heterocycles. The number of nitrogens with zero attached hydrogens (tertiary/aromatic N) is 2. The van der Waals surface area contributed by atoms with Crippen LogP contribution in [0.4, 0.5) is 0 Å². The third-order valence-corrected chi connectivity index (χ3v) is 4.61. The standard InChI is InChI=1S/C14H24N2O4/c1-14(2)10(11(14)13(19)20)12(18)16-7-9(17)5-8(16)6-15(3)4/h8-11,17H,5-7H2,1-4H3,(H,19,20). The summed E-state index contributed by atoms with van der Waals surface area (Å²) in [6.07, 6.45) is 0.0588. The highest BCUT2D eigenvalue weighted by Crippen LogP contribution is 2.59. The first-order chi connectivity index (χ1) is 9.16. The summed E-state index contributed by atoms with van der Waals surface area (Å²) in [7, 11) is 3.85. The molecule has 20 heavy (non-hydrogen) atoms. The van der Waals surface area contributed by atoms with Crippen molar-refractivity contribution in [2.24, 2.45) is 17.3 Å². The number of aliphatic hydroxyl groups excluding tert-OH is 1. The number of aliphatic carboxylic acids is 1. The lowest BCUT2D eigenvalue weighted by molar-refractivity contribution is -0.142. The van der Waals surface area contributed by atoms with Gasteiger partial charge in [0.1, 0.15) is 0 Å². The Bertz CT molecular complexity index is 421. The molecule has 2 rings (SSSR count). The lowest BCUT2D eigenvalue weighted by Crippen LogP contribution is -2.43. The van der Waals surface area contributed by atoms with E-state index in [0.29, 0.717) is 19.5 Å². The Morgan fingerprint density at radius 1 is 1.30 bits per heavy atom. The molecule has 1 amide bonds. The van der Waals surface area contributed by atoms with Crippen molar-refractivity contribution in [2.45, 2.75) is 32.4 Å². The number of likely N-dealkylation sites (tertiary alicyclic amines) is 1. The molecule has 4 atom stereocenters. The summed E-state index contributed by atoms with van der Waals surface area (Å²) in [6.45, 7) is 4.65. The topological polar surface area (TPSA) is 81.1 Å². The first kappa shape index (κ1) is 15.3. The molecular weight excluding hydrogens is 260 g/mol. The van der Waals surface area contributed by atoms with Crippen molar-refractivity contribution in [3.63, 3.8) is 0 Å². The molecule has 114 valence electrons. The van der Waals surface area contributed by atoms with E-state index in [1.165, 1.54) is 0 Å². The van der Waals surface area contributed by atoms with E-state index in [4.69, 9.17) is 0 Å². The molecule has 1 heterocycles. The van der Waals surface area contributed by atoms with Crippen LogP contribution in [0.15, 0.2) is 0 Å². The van der Waals surface area contributed by atoms with E-state index in [0.717, 1.165) is 0 Å². The van der Waals surface area contributed by atoms with Gasteiger partial charge in [-0.2, -0.15) is 0 Å². The van der Waals surface area contributed by atoms with E-state index in [1.807, 2.05) is 32.8 Å². The van der Waals surface area contributed by atoms with Crippen molar-refractivity contribution >= 4 is 11.9 Å². The third-order valence-electron chi connectivity index (χ3n) is 4.61. The van der Waals surface area contributed by atoms with Gasteiger partial charge in [-0.3, -0.25) is 9.59 Å². The zero-order chi connectivity index (χ0) is 15.2. The summed E-state index contributed by atoms with van der Waals surface area (Å²) in [6, 6.07) is -0.0293. The molecule has 2 aliphatic rings. The Labute approximate surface area is 119 Å². The van der Waals surface area contributed by atoms with Crippen LogP contribution < -0.4 is 0 Å². The second-order valence-electron chi connectivity index (χ2n) is 6.91.